The average molecular weight is 270 g/mol. The van der Waals surface area contributed by atoms with Crippen LogP contribution in [0.5, 0.6) is 5.75 Å². The van der Waals surface area contributed by atoms with Crippen molar-refractivity contribution in [2.45, 2.75) is 13.3 Å². The number of hydrogen-bond acceptors (Lipinski definition) is 3. The van der Waals surface area contributed by atoms with Crippen molar-refractivity contribution in [3.05, 3.63) is 54.1 Å². The van der Waals surface area contributed by atoms with E-state index in [9.17, 15) is 4.79 Å². The summed E-state index contributed by atoms with van der Waals surface area (Å²) in [7, 11) is 0. The molecular formula is C16H18N2O2. The lowest BCUT2D eigenvalue weighted by Crippen LogP contribution is -2.15. The number of para-hydroxylation sites is 2. The quantitative estimate of drug-likeness (QED) is 0.821. The van der Waals surface area contributed by atoms with Crippen LogP contribution < -0.4 is 15.8 Å². The molecule has 0 atom stereocenters. The van der Waals surface area contributed by atoms with Gasteiger partial charge in [0.05, 0.1) is 18.7 Å². The number of amides is 1. The lowest BCUT2D eigenvalue weighted by Gasteiger charge is -2.11. The van der Waals surface area contributed by atoms with E-state index in [1.54, 1.807) is 12.1 Å². The van der Waals surface area contributed by atoms with Crippen molar-refractivity contribution < 1.29 is 9.53 Å². The van der Waals surface area contributed by atoms with Gasteiger partial charge in [-0.1, -0.05) is 24.3 Å². The lowest BCUT2D eigenvalue weighted by molar-refractivity contribution is -0.115. The fourth-order valence-corrected chi connectivity index (χ4v) is 1.87. The molecule has 2 aromatic rings. The Morgan fingerprint density at radius 1 is 1.15 bits per heavy atom. The smallest absolute Gasteiger partial charge is 0.228 e. The van der Waals surface area contributed by atoms with E-state index >= 15 is 0 Å². The second-order valence-electron chi connectivity index (χ2n) is 4.40. The summed E-state index contributed by atoms with van der Waals surface area (Å²) < 4.78 is 5.47. The minimum Gasteiger partial charge on any atom is -0.492 e. The van der Waals surface area contributed by atoms with E-state index in [-0.39, 0.29) is 5.91 Å². The van der Waals surface area contributed by atoms with Crippen molar-refractivity contribution in [1.82, 2.24) is 0 Å². The predicted molar refractivity (Wildman–Crippen MR) is 80.8 cm³/mol. The molecule has 0 spiro atoms. The Labute approximate surface area is 118 Å². The number of rotatable bonds is 5. The molecule has 2 aromatic carbocycles. The Morgan fingerprint density at radius 3 is 2.55 bits per heavy atom. The van der Waals surface area contributed by atoms with Crippen molar-refractivity contribution in [3.8, 4) is 5.75 Å². The summed E-state index contributed by atoms with van der Waals surface area (Å²) in [6, 6.07) is 14.7. The maximum Gasteiger partial charge on any atom is 0.228 e. The summed E-state index contributed by atoms with van der Waals surface area (Å²) in [4.78, 5) is 12.0. The van der Waals surface area contributed by atoms with Gasteiger partial charge in [0.2, 0.25) is 5.91 Å². The third kappa shape index (κ3) is 3.75. The van der Waals surface area contributed by atoms with E-state index in [0.29, 0.717) is 30.2 Å². The topological polar surface area (TPSA) is 64.3 Å². The standard InChI is InChI=1S/C16H18N2O2/c1-2-20-15-6-4-3-5-14(15)18-16(19)11-12-7-9-13(17)10-8-12/h3-10H,2,11,17H2,1H3,(H,18,19). The van der Waals surface area contributed by atoms with Gasteiger partial charge in [-0.2, -0.15) is 0 Å². The number of hydrogen-bond donors (Lipinski definition) is 2. The molecule has 1 amide bonds. The van der Waals surface area contributed by atoms with E-state index in [0.717, 1.165) is 5.56 Å². The largest absolute Gasteiger partial charge is 0.492 e. The van der Waals surface area contributed by atoms with E-state index in [2.05, 4.69) is 5.32 Å². The normalized spacial score (nSPS) is 10.1. The van der Waals surface area contributed by atoms with Crippen LogP contribution in [0.3, 0.4) is 0 Å². The zero-order valence-corrected chi connectivity index (χ0v) is 11.4. The van der Waals surface area contributed by atoms with Gasteiger partial charge in [0.1, 0.15) is 5.75 Å². The molecule has 0 aromatic heterocycles. The number of nitrogen functional groups attached to an aromatic ring is 1. The molecule has 4 heteroatoms. The van der Waals surface area contributed by atoms with E-state index < -0.39 is 0 Å². The van der Waals surface area contributed by atoms with Crippen LogP contribution in [0.15, 0.2) is 48.5 Å². The van der Waals surface area contributed by atoms with Crippen LogP contribution in [0, 0.1) is 0 Å². The Kier molecular flexibility index (Phi) is 4.60. The molecule has 0 fully saturated rings. The maximum absolute atomic E-state index is 12.0. The number of carbonyl (C=O) groups excluding carboxylic acids is 1. The van der Waals surface area contributed by atoms with Crippen LogP contribution in [-0.2, 0) is 11.2 Å². The molecule has 0 unspecified atom stereocenters. The van der Waals surface area contributed by atoms with Crippen molar-refractivity contribution in [1.29, 1.82) is 0 Å². The number of anilines is 2. The average Bonchev–Trinajstić information content (AvgIpc) is 2.44. The Morgan fingerprint density at radius 2 is 1.85 bits per heavy atom. The Balaban J connectivity index is 2.02. The van der Waals surface area contributed by atoms with E-state index in [4.69, 9.17) is 10.5 Å². The minimum absolute atomic E-state index is 0.0816. The summed E-state index contributed by atoms with van der Waals surface area (Å²) in [6.07, 6.45) is 0.306. The molecule has 20 heavy (non-hydrogen) atoms. The van der Waals surface area contributed by atoms with Crippen LogP contribution >= 0.6 is 0 Å². The second-order valence-corrected chi connectivity index (χ2v) is 4.40. The van der Waals surface area contributed by atoms with Gasteiger partial charge in [-0.25, -0.2) is 0 Å². The highest BCUT2D eigenvalue weighted by molar-refractivity contribution is 5.93. The second kappa shape index (κ2) is 6.61. The number of benzene rings is 2. The van der Waals surface area contributed by atoms with Crippen molar-refractivity contribution >= 4 is 17.3 Å². The number of carbonyl (C=O) groups is 1. The summed E-state index contributed by atoms with van der Waals surface area (Å²) in [5, 5.41) is 2.86. The van der Waals surface area contributed by atoms with Gasteiger partial charge in [-0.05, 0) is 36.8 Å². The van der Waals surface area contributed by atoms with Crippen LogP contribution in [-0.4, -0.2) is 12.5 Å². The fourth-order valence-electron chi connectivity index (χ4n) is 1.87. The van der Waals surface area contributed by atoms with Gasteiger partial charge >= 0.3 is 0 Å². The van der Waals surface area contributed by atoms with Crippen LogP contribution in [0.1, 0.15) is 12.5 Å². The van der Waals surface area contributed by atoms with Crippen molar-refractivity contribution in [2.24, 2.45) is 0 Å². The fraction of sp³-hybridized carbons (Fsp3) is 0.188. The first-order chi connectivity index (χ1) is 9.69. The lowest BCUT2D eigenvalue weighted by atomic mass is 10.1. The zero-order valence-electron chi connectivity index (χ0n) is 11.4. The molecule has 0 bridgehead atoms. The zero-order chi connectivity index (χ0) is 14.4. The highest BCUT2D eigenvalue weighted by Crippen LogP contribution is 2.23. The van der Waals surface area contributed by atoms with E-state index in [1.807, 2.05) is 43.3 Å². The summed E-state index contributed by atoms with van der Waals surface area (Å²) in [5.41, 5.74) is 7.92. The molecule has 0 saturated carbocycles. The molecule has 0 heterocycles. The van der Waals surface area contributed by atoms with Gasteiger partial charge in [-0.3, -0.25) is 4.79 Å². The summed E-state index contributed by atoms with van der Waals surface area (Å²) in [6.45, 7) is 2.47. The third-order valence-electron chi connectivity index (χ3n) is 2.81. The molecule has 0 saturated heterocycles. The van der Waals surface area contributed by atoms with E-state index in [1.165, 1.54) is 0 Å². The molecule has 0 radical (unpaired) electrons. The number of ether oxygens (including phenoxy) is 1. The Hall–Kier alpha value is -2.49. The molecule has 2 rings (SSSR count). The first kappa shape index (κ1) is 13.9. The first-order valence-corrected chi connectivity index (χ1v) is 6.55. The maximum atomic E-state index is 12.0. The Bertz CT molecular complexity index is 579. The number of nitrogens with one attached hydrogen (secondary N) is 1. The van der Waals surface area contributed by atoms with Gasteiger partial charge in [-0.15, -0.1) is 0 Å². The van der Waals surface area contributed by atoms with Gasteiger partial charge < -0.3 is 15.8 Å². The summed E-state index contributed by atoms with van der Waals surface area (Å²) in [5.74, 6) is 0.600. The monoisotopic (exact) mass is 270 g/mol. The third-order valence-corrected chi connectivity index (χ3v) is 2.81. The minimum atomic E-state index is -0.0816. The van der Waals surface area contributed by atoms with Crippen LogP contribution in [0.25, 0.3) is 0 Å². The van der Waals surface area contributed by atoms with Crippen molar-refractivity contribution in [2.75, 3.05) is 17.7 Å². The molecule has 0 aliphatic carbocycles. The molecule has 0 aliphatic rings. The molecule has 104 valence electrons. The highest BCUT2D eigenvalue weighted by Gasteiger charge is 2.08. The van der Waals surface area contributed by atoms with Crippen molar-refractivity contribution in [3.63, 3.8) is 0 Å². The van der Waals surface area contributed by atoms with Crippen LogP contribution in [0.2, 0.25) is 0 Å². The SMILES string of the molecule is CCOc1ccccc1NC(=O)Cc1ccc(N)cc1. The van der Waals surface area contributed by atoms with Gasteiger partial charge in [0.25, 0.3) is 0 Å². The van der Waals surface area contributed by atoms with Crippen LogP contribution in [0.4, 0.5) is 11.4 Å². The van der Waals surface area contributed by atoms with Gasteiger partial charge in [0, 0.05) is 5.69 Å². The molecule has 3 N–H and O–H groups in total. The first-order valence-electron chi connectivity index (χ1n) is 6.55. The molecular weight excluding hydrogens is 252 g/mol. The molecule has 4 nitrogen and oxygen atoms in total. The number of nitrogens with two attached hydrogens (primary N) is 1. The highest BCUT2D eigenvalue weighted by atomic mass is 16.5. The predicted octanol–water partition coefficient (Wildman–Crippen LogP) is 2.85. The molecule has 0 aliphatic heterocycles. The summed E-state index contributed by atoms with van der Waals surface area (Å²) >= 11 is 0. The van der Waals surface area contributed by atoms with Gasteiger partial charge in [0.15, 0.2) is 0 Å².